The summed E-state index contributed by atoms with van der Waals surface area (Å²) in [7, 11) is 1.60. The highest BCUT2D eigenvalue weighted by Crippen LogP contribution is 2.05. The summed E-state index contributed by atoms with van der Waals surface area (Å²) >= 11 is 0. The number of amides is 2. The Morgan fingerprint density at radius 2 is 2.05 bits per heavy atom. The van der Waals surface area contributed by atoms with Crippen LogP contribution in [0.4, 0.5) is 0 Å². The lowest BCUT2D eigenvalue weighted by Crippen LogP contribution is -2.39. The number of nitrogens with one attached hydrogen (secondary N) is 2. The van der Waals surface area contributed by atoms with Crippen LogP contribution in [0.5, 0.6) is 0 Å². The molecule has 19 heavy (non-hydrogen) atoms. The predicted octanol–water partition coefficient (Wildman–Crippen LogP) is 0.474. The third-order valence-electron chi connectivity index (χ3n) is 2.54. The van der Waals surface area contributed by atoms with Crippen molar-refractivity contribution in [2.75, 3.05) is 13.6 Å². The molecule has 0 aliphatic heterocycles. The van der Waals surface area contributed by atoms with Gasteiger partial charge < -0.3 is 16.4 Å². The highest BCUT2D eigenvalue weighted by Gasteiger charge is 2.06. The fourth-order valence-corrected chi connectivity index (χ4v) is 1.50. The van der Waals surface area contributed by atoms with Crippen LogP contribution < -0.4 is 16.4 Å². The topological polar surface area (TPSA) is 84.2 Å². The minimum atomic E-state index is -0.498. The van der Waals surface area contributed by atoms with Crippen LogP contribution in [0.2, 0.25) is 0 Å². The van der Waals surface area contributed by atoms with E-state index in [9.17, 15) is 9.59 Å². The standard InChI is InChI=1S/C13H19N3O2.ClH/c1-9(14)12(17)16-7-6-10-4-3-5-11(8-10)13(18)15-2;/h3-5,8-9H,6-7,14H2,1-2H3,(H,15,18)(H,16,17);1H/t9-;/m0./s1. The maximum Gasteiger partial charge on any atom is 0.251 e. The number of hydrogen-bond donors (Lipinski definition) is 3. The zero-order valence-corrected chi connectivity index (χ0v) is 11.9. The highest BCUT2D eigenvalue weighted by atomic mass is 35.5. The van der Waals surface area contributed by atoms with Crippen LogP contribution in [0.3, 0.4) is 0 Å². The van der Waals surface area contributed by atoms with Crippen LogP contribution in [0.25, 0.3) is 0 Å². The van der Waals surface area contributed by atoms with Crippen LogP contribution in [0.1, 0.15) is 22.8 Å². The van der Waals surface area contributed by atoms with E-state index >= 15 is 0 Å². The van der Waals surface area contributed by atoms with E-state index in [4.69, 9.17) is 5.73 Å². The lowest BCUT2D eigenvalue weighted by atomic mass is 10.1. The number of halogens is 1. The summed E-state index contributed by atoms with van der Waals surface area (Å²) in [6.45, 7) is 2.15. The van der Waals surface area contributed by atoms with Gasteiger partial charge in [0, 0.05) is 19.2 Å². The predicted molar refractivity (Wildman–Crippen MR) is 77.4 cm³/mol. The first-order chi connectivity index (χ1) is 8.54. The minimum absolute atomic E-state index is 0. The van der Waals surface area contributed by atoms with Crippen molar-refractivity contribution in [3.8, 4) is 0 Å². The van der Waals surface area contributed by atoms with E-state index in [1.165, 1.54) is 0 Å². The van der Waals surface area contributed by atoms with E-state index in [1.54, 1.807) is 20.0 Å². The van der Waals surface area contributed by atoms with Crippen molar-refractivity contribution in [1.82, 2.24) is 10.6 Å². The van der Waals surface area contributed by atoms with E-state index in [0.29, 0.717) is 18.5 Å². The first kappa shape index (κ1) is 17.4. The molecule has 0 saturated heterocycles. The van der Waals surface area contributed by atoms with Crippen molar-refractivity contribution in [1.29, 1.82) is 0 Å². The Morgan fingerprint density at radius 3 is 2.63 bits per heavy atom. The van der Waals surface area contributed by atoms with E-state index in [0.717, 1.165) is 5.56 Å². The molecule has 0 unspecified atom stereocenters. The Bertz CT molecular complexity index is 436. The van der Waals surface area contributed by atoms with Gasteiger partial charge in [0.1, 0.15) is 0 Å². The molecule has 1 aromatic carbocycles. The Kier molecular flexibility index (Phi) is 7.79. The Hall–Kier alpha value is -1.59. The molecule has 106 valence electrons. The number of carbonyl (C=O) groups is 2. The smallest absolute Gasteiger partial charge is 0.251 e. The second-order valence-electron chi connectivity index (χ2n) is 4.11. The van der Waals surface area contributed by atoms with Gasteiger partial charge in [-0.25, -0.2) is 0 Å². The summed E-state index contributed by atoms with van der Waals surface area (Å²) in [6, 6.07) is 6.82. The van der Waals surface area contributed by atoms with Gasteiger partial charge in [0.15, 0.2) is 0 Å². The lowest BCUT2D eigenvalue weighted by molar-refractivity contribution is -0.121. The molecule has 0 spiro atoms. The monoisotopic (exact) mass is 285 g/mol. The lowest BCUT2D eigenvalue weighted by Gasteiger charge is -2.08. The molecule has 0 bridgehead atoms. The van der Waals surface area contributed by atoms with Crippen molar-refractivity contribution in [2.24, 2.45) is 5.73 Å². The minimum Gasteiger partial charge on any atom is -0.355 e. The van der Waals surface area contributed by atoms with Crippen molar-refractivity contribution < 1.29 is 9.59 Å². The van der Waals surface area contributed by atoms with Gasteiger partial charge in [-0.2, -0.15) is 0 Å². The van der Waals surface area contributed by atoms with Gasteiger partial charge in [0.25, 0.3) is 5.91 Å². The molecule has 4 N–H and O–H groups in total. The van der Waals surface area contributed by atoms with Crippen LogP contribution in [-0.4, -0.2) is 31.4 Å². The Morgan fingerprint density at radius 1 is 1.37 bits per heavy atom. The van der Waals surface area contributed by atoms with Crippen molar-refractivity contribution in [3.05, 3.63) is 35.4 Å². The average molecular weight is 286 g/mol. The zero-order chi connectivity index (χ0) is 13.5. The van der Waals surface area contributed by atoms with Crippen molar-refractivity contribution >= 4 is 24.2 Å². The van der Waals surface area contributed by atoms with E-state index in [1.807, 2.05) is 18.2 Å². The van der Waals surface area contributed by atoms with E-state index < -0.39 is 6.04 Å². The third kappa shape index (κ3) is 5.72. The summed E-state index contributed by atoms with van der Waals surface area (Å²) in [5.41, 5.74) is 7.05. The van der Waals surface area contributed by atoms with Crippen molar-refractivity contribution in [2.45, 2.75) is 19.4 Å². The van der Waals surface area contributed by atoms with Gasteiger partial charge in [0.05, 0.1) is 6.04 Å². The molecular formula is C13H20ClN3O2. The first-order valence-electron chi connectivity index (χ1n) is 5.89. The van der Waals surface area contributed by atoms with Crippen LogP contribution >= 0.6 is 12.4 Å². The second-order valence-corrected chi connectivity index (χ2v) is 4.11. The molecule has 1 rings (SSSR count). The quantitative estimate of drug-likeness (QED) is 0.735. The Labute approximate surface area is 119 Å². The molecule has 0 fully saturated rings. The van der Waals surface area contributed by atoms with Gasteiger partial charge in [0.2, 0.25) is 5.91 Å². The number of nitrogens with two attached hydrogens (primary N) is 1. The molecular weight excluding hydrogens is 266 g/mol. The number of carbonyl (C=O) groups excluding carboxylic acids is 2. The maximum absolute atomic E-state index is 11.4. The van der Waals surface area contributed by atoms with Gasteiger partial charge in [-0.3, -0.25) is 9.59 Å². The molecule has 0 aliphatic rings. The normalized spacial score (nSPS) is 11.1. The first-order valence-corrected chi connectivity index (χ1v) is 5.89. The van der Waals surface area contributed by atoms with Gasteiger partial charge >= 0.3 is 0 Å². The van der Waals surface area contributed by atoms with Crippen LogP contribution in [-0.2, 0) is 11.2 Å². The SMILES string of the molecule is CNC(=O)c1cccc(CCNC(=O)[C@H](C)N)c1.Cl. The molecule has 0 aromatic heterocycles. The van der Waals surface area contributed by atoms with E-state index in [2.05, 4.69) is 10.6 Å². The third-order valence-corrected chi connectivity index (χ3v) is 2.54. The van der Waals surface area contributed by atoms with Crippen molar-refractivity contribution in [3.63, 3.8) is 0 Å². The fourth-order valence-electron chi connectivity index (χ4n) is 1.50. The zero-order valence-electron chi connectivity index (χ0n) is 11.1. The molecule has 5 nitrogen and oxygen atoms in total. The number of rotatable bonds is 5. The molecule has 0 aliphatic carbocycles. The molecule has 1 atom stereocenters. The largest absolute Gasteiger partial charge is 0.355 e. The average Bonchev–Trinajstić information content (AvgIpc) is 2.37. The second kappa shape index (κ2) is 8.50. The summed E-state index contributed by atoms with van der Waals surface area (Å²) in [6.07, 6.45) is 0.670. The molecule has 2 amide bonds. The van der Waals surface area contributed by atoms with Gasteiger partial charge in [-0.05, 0) is 31.0 Å². The summed E-state index contributed by atoms with van der Waals surface area (Å²) in [5.74, 6) is -0.283. The maximum atomic E-state index is 11.4. The van der Waals surface area contributed by atoms with E-state index in [-0.39, 0.29) is 24.2 Å². The molecule has 1 aromatic rings. The molecule has 0 radical (unpaired) electrons. The molecule has 0 heterocycles. The van der Waals surface area contributed by atoms with Gasteiger partial charge in [-0.1, -0.05) is 12.1 Å². The number of hydrogen-bond acceptors (Lipinski definition) is 3. The number of benzene rings is 1. The molecule has 0 saturated carbocycles. The summed E-state index contributed by atoms with van der Waals surface area (Å²) in [5, 5.41) is 5.30. The summed E-state index contributed by atoms with van der Waals surface area (Å²) < 4.78 is 0. The van der Waals surface area contributed by atoms with Gasteiger partial charge in [-0.15, -0.1) is 12.4 Å². The Balaban J connectivity index is 0.00000324. The van der Waals surface area contributed by atoms with Crippen LogP contribution in [0.15, 0.2) is 24.3 Å². The summed E-state index contributed by atoms with van der Waals surface area (Å²) in [4.78, 5) is 22.7. The highest BCUT2D eigenvalue weighted by molar-refractivity contribution is 5.94. The fraction of sp³-hybridized carbons (Fsp3) is 0.385. The van der Waals surface area contributed by atoms with Crippen LogP contribution in [0, 0.1) is 0 Å². The molecule has 6 heteroatoms.